The predicted molar refractivity (Wildman–Crippen MR) is 144 cm³/mol. The largest absolute Gasteiger partial charge is 0.376 e. The van der Waals surface area contributed by atoms with Gasteiger partial charge < -0.3 is 10.1 Å². The third-order valence-corrected chi connectivity index (χ3v) is 7.03. The van der Waals surface area contributed by atoms with Gasteiger partial charge in [-0.05, 0) is 61.1 Å². The molecule has 0 aliphatic carbocycles. The van der Waals surface area contributed by atoms with Crippen LogP contribution in [0, 0.1) is 6.92 Å². The molecule has 1 amide bonds. The molecule has 1 atom stereocenters. The van der Waals surface area contributed by atoms with Gasteiger partial charge in [0.05, 0.1) is 30.1 Å². The first-order chi connectivity index (χ1) is 18.0. The molecule has 190 valence electrons. The van der Waals surface area contributed by atoms with Crippen LogP contribution in [0.3, 0.4) is 0 Å². The highest BCUT2D eigenvalue weighted by atomic mass is 16.5. The highest BCUT2D eigenvalue weighted by Gasteiger charge is 2.21. The molecular weight excluding hydrogens is 466 g/mol. The monoisotopic (exact) mass is 497 g/mol. The predicted octanol–water partition coefficient (Wildman–Crippen LogP) is 3.67. The van der Waals surface area contributed by atoms with E-state index >= 15 is 0 Å². The summed E-state index contributed by atoms with van der Waals surface area (Å²) in [6, 6.07) is 22.8. The van der Waals surface area contributed by atoms with Crippen LogP contribution in [0.1, 0.15) is 39.9 Å². The minimum atomic E-state index is -0.391. The van der Waals surface area contributed by atoms with Gasteiger partial charge in [0.2, 0.25) is 0 Å². The molecule has 0 radical (unpaired) electrons. The molecule has 4 aromatic rings. The number of aromatic nitrogens is 2. The van der Waals surface area contributed by atoms with E-state index in [1.807, 2.05) is 61.5 Å². The lowest BCUT2D eigenvalue weighted by atomic mass is 10.1. The van der Waals surface area contributed by atoms with Gasteiger partial charge >= 0.3 is 5.69 Å². The van der Waals surface area contributed by atoms with E-state index in [9.17, 15) is 14.4 Å². The number of benzene rings is 3. The zero-order chi connectivity index (χ0) is 25.8. The quantitative estimate of drug-likeness (QED) is 0.403. The van der Waals surface area contributed by atoms with Gasteiger partial charge in [-0.1, -0.05) is 54.6 Å². The van der Waals surface area contributed by atoms with E-state index in [1.165, 1.54) is 4.57 Å². The standard InChI is InChI=1S/C30H31N3O4/c1-21-8-5-6-11-24(21)19-32-27-18-23(28(34)31-16-15-22-9-3-2-4-10-22)13-14-26(27)29(35)33(30(32)36)20-25-12-7-17-37-25/h2-6,8-11,13-14,18,25H,7,12,15-17,19-20H2,1H3,(H,31,34)/t25-/m0/s1. The number of hydrogen-bond acceptors (Lipinski definition) is 4. The summed E-state index contributed by atoms with van der Waals surface area (Å²) in [7, 11) is 0. The Balaban J connectivity index is 1.51. The molecule has 1 N–H and O–H groups in total. The van der Waals surface area contributed by atoms with Crippen LogP contribution in [0.25, 0.3) is 10.9 Å². The fraction of sp³-hybridized carbons (Fsp3) is 0.300. The first-order valence-corrected chi connectivity index (χ1v) is 12.8. The molecule has 37 heavy (non-hydrogen) atoms. The van der Waals surface area contributed by atoms with Crippen molar-refractivity contribution < 1.29 is 9.53 Å². The summed E-state index contributed by atoms with van der Waals surface area (Å²) in [6.45, 7) is 3.65. The van der Waals surface area contributed by atoms with Crippen molar-refractivity contribution in [2.45, 2.75) is 45.4 Å². The van der Waals surface area contributed by atoms with Crippen molar-refractivity contribution in [1.82, 2.24) is 14.5 Å². The van der Waals surface area contributed by atoms with Crippen LogP contribution in [-0.4, -0.2) is 34.3 Å². The second-order valence-electron chi connectivity index (χ2n) is 9.57. The minimum absolute atomic E-state index is 0.149. The normalized spacial score (nSPS) is 15.2. The molecule has 3 aromatic carbocycles. The Morgan fingerprint density at radius 2 is 1.78 bits per heavy atom. The van der Waals surface area contributed by atoms with Gasteiger partial charge in [0.15, 0.2) is 0 Å². The van der Waals surface area contributed by atoms with Crippen molar-refractivity contribution in [2.24, 2.45) is 0 Å². The van der Waals surface area contributed by atoms with Gasteiger partial charge in [0.1, 0.15) is 0 Å². The number of rotatable bonds is 8. The van der Waals surface area contributed by atoms with E-state index < -0.39 is 5.69 Å². The number of nitrogens with one attached hydrogen (secondary N) is 1. The van der Waals surface area contributed by atoms with Crippen LogP contribution < -0.4 is 16.6 Å². The summed E-state index contributed by atoms with van der Waals surface area (Å²) in [5.74, 6) is -0.240. The SMILES string of the molecule is Cc1ccccc1Cn1c(=O)n(C[C@@H]2CCCO2)c(=O)c2ccc(C(=O)NCCc3ccccc3)cc21. The van der Waals surface area contributed by atoms with Gasteiger partial charge in [0.25, 0.3) is 11.5 Å². The first kappa shape index (κ1) is 24.7. The van der Waals surface area contributed by atoms with E-state index in [-0.39, 0.29) is 24.1 Å². The number of fused-ring (bicyclic) bond motifs is 1. The smallest absolute Gasteiger partial charge is 0.331 e. The second-order valence-corrected chi connectivity index (χ2v) is 9.57. The number of hydrogen-bond donors (Lipinski definition) is 1. The summed E-state index contributed by atoms with van der Waals surface area (Å²) in [4.78, 5) is 40.1. The number of amides is 1. The maximum absolute atomic E-state index is 13.7. The summed E-state index contributed by atoms with van der Waals surface area (Å²) >= 11 is 0. The lowest BCUT2D eigenvalue weighted by Crippen LogP contribution is -2.42. The Morgan fingerprint density at radius 3 is 2.54 bits per heavy atom. The highest BCUT2D eigenvalue weighted by Crippen LogP contribution is 2.17. The van der Waals surface area contributed by atoms with Gasteiger partial charge in [-0.15, -0.1) is 0 Å². The summed E-state index contributed by atoms with van der Waals surface area (Å²) < 4.78 is 8.61. The Hall–Kier alpha value is -3.97. The Bertz CT molecular complexity index is 1530. The number of carbonyl (C=O) groups is 1. The van der Waals surface area contributed by atoms with Crippen LogP contribution in [0.5, 0.6) is 0 Å². The van der Waals surface area contributed by atoms with Gasteiger partial charge in [-0.25, -0.2) is 4.79 Å². The van der Waals surface area contributed by atoms with Crippen molar-refractivity contribution in [3.8, 4) is 0 Å². The highest BCUT2D eigenvalue weighted by molar-refractivity contribution is 5.97. The van der Waals surface area contributed by atoms with Crippen molar-refractivity contribution in [3.63, 3.8) is 0 Å². The fourth-order valence-corrected chi connectivity index (χ4v) is 4.89. The van der Waals surface area contributed by atoms with Gasteiger partial charge in [-0.2, -0.15) is 0 Å². The average Bonchev–Trinajstić information content (AvgIpc) is 3.43. The van der Waals surface area contributed by atoms with E-state index in [1.54, 1.807) is 22.8 Å². The second kappa shape index (κ2) is 11.0. The molecule has 2 heterocycles. The maximum atomic E-state index is 13.7. The van der Waals surface area contributed by atoms with E-state index in [2.05, 4.69) is 5.32 Å². The molecule has 1 aliphatic heterocycles. The van der Waals surface area contributed by atoms with Crippen LogP contribution >= 0.6 is 0 Å². The molecule has 1 aliphatic rings. The number of ether oxygens (including phenoxy) is 1. The molecule has 0 unspecified atom stereocenters. The Labute approximate surface area is 215 Å². The average molecular weight is 498 g/mol. The lowest BCUT2D eigenvalue weighted by Gasteiger charge is -2.18. The summed E-state index contributed by atoms with van der Waals surface area (Å²) in [5, 5.41) is 3.36. The lowest BCUT2D eigenvalue weighted by molar-refractivity contribution is 0.0948. The molecule has 7 nitrogen and oxygen atoms in total. The van der Waals surface area contributed by atoms with Crippen molar-refractivity contribution >= 4 is 16.8 Å². The van der Waals surface area contributed by atoms with E-state index in [0.29, 0.717) is 42.6 Å². The van der Waals surface area contributed by atoms with Crippen molar-refractivity contribution in [1.29, 1.82) is 0 Å². The van der Waals surface area contributed by atoms with Crippen LogP contribution in [0.4, 0.5) is 0 Å². The Morgan fingerprint density at radius 1 is 1.00 bits per heavy atom. The molecule has 5 rings (SSSR count). The third-order valence-electron chi connectivity index (χ3n) is 7.03. The van der Waals surface area contributed by atoms with Crippen molar-refractivity contribution in [2.75, 3.05) is 13.2 Å². The molecule has 1 fully saturated rings. The molecule has 0 spiro atoms. The zero-order valence-corrected chi connectivity index (χ0v) is 21.0. The first-order valence-electron chi connectivity index (χ1n) is 12.8. The summed E-state index contributed by atoms with van der Waals surface area (Å²) in [5.41, 5.74) is 3.29. The summed E-state index contributed by atoms with van der Waals surface area (Å²) in [6.07, 6.45) is 2.31. The van der Waals surface area contributed by atoms with Crippen molar-refractivity contribution in [3.05, 3.63) is 116 Å². The van der Waals surface area contributed by atoms with Gasteiger partial charge in [-0.3, -0.25) is 18.7 Å². The third kappa shape index (κ3) is 5.42. The van der Waals surface area contributed by atoms with Crippen LogP contribution in [0.15, 0.2) is 82.4 Å². The maximum Gasteiger partial charge on any atom is 0.331 e. The van der Waals surface area contributed by atoms with Gasteiger partial charge in [0, 0.05) is 18.7 Å². The van der Waals surface area contributed by atoms with E-state index in [0.717, 1.165) is 29.5 Å². The number of carbonyl (C=O) groups excluding carboxylic acids is 1. The molecule has 0 saturated carbocycles. The van der Waals surface area contributed by atoms with Crippen LogP contribution in [-0.2, 0) is 24.2 Å². The zero-order valence-electron chi connectivity index (χ0n) is 21.0. The molecular formula is C30H31N3O4. The number of aryl methyl sites for hydroxylation is 1. The van der Waals surface area contributed by atoms with Crippen LogP contribution in [0.2, 0.25) is 0 Å². The number of nitrogens with zero attached hydrogens (tertiary/aromatic N) is 2. The molecule has 1 aromatic heterocycles. The molecule has 1 saturated heterocycles. The van der Waals surface area contributed by atoms with E-state index in [4.69, 9.17) is 4.74 Å². The molecule has 0 bridgehead atoms. The topological polar surface area (TPSA) is 82.3 Å². The fourth-order valence-electron chi connectivity index (χ4n) is 4.89. The molecule has 7 heteroatoms. The Kier molecular flexibility index (Phi) is 7.32. The minimum Gasteiger partial charge on any atom is -0.376 e.